The molecule has 1 atom stereocenters. The summed E-state index contributed by atoms with van der Waals surface area (Å²) in [7, 11) is -3.71. The van der Waals surface area contributed by atoms with E-state index in [9.17, 15) is 13.2 Å². The Hall–Kier alpha value is -1.89. The SMILES string of the molecule is Cc1ccc(S(=O)(=O)N2CCN(c3ccc(Cl)cc3)C(=O)C2C)cc1. The summed E-state index contributed by atoms with van der Waals surface area (Å²) >= 11 is 5.89. The van der Waals surface area contributed by atoms with E-state index in [0.29, 0.717) is 17.3 Å². The number of rotatable bonds is 3. The zero-order chi connectivity index (χ0) is 18.2. The number of nitrogens with zero attached hydrogens (tertiary/aromatic N) is 2. The van der Waals surface area contributed by atoms with Crippen LogP contribution in [-0.2, 0) is 14.8 Å². The summed E-state index contributed by atoms with van der Waals surface area (Å²) in [5.74, 6) is -0.246. The summed E-state index contributed by atoms with van der Waals surface area (Å²) in [6.45, 7) is 4.06. The van der Waals surface area contributed by atoms with Crippen LogP contribution in [0.25, 0.3) is 0 Å². The van der Waals surface area contributed by atoms with Gasteiger partial charge in [0.25, 0.3) is 0 Å². The van der Waals surface area contributed by atoms with Crippen molar-refractivity contribution in [2.45, 2.75) is 24.8 Å². The maximum atomic E-state index is 12.9. The maximum Gasteiger partial charge on any atom is 0.245 e. The molecule has 0 radical (unpaired) electrons. The number of benzene rings is 2. The van der Waals surface area contributed by atoms with E-state index in [4.69, 9.17) is 11.6 Å². The predicted octanol–water partition coefficient (Wildman–Crippen LogP) is 3.07. The van der Waals surface area contributed by atoms with Gasteiger partial charge in [-0.25, -0.2) is 8.42 Å². The van der Waals surface area contributed by atoms with Gasteiger partial charge >= 0.3 is 0 Å². The fraction of sp³-hybridized carbons (Fsp3) is 0.278. The summed E-state index contributed by atoms with van der Waals surface area (Å²) in [6, 6.07) is 12.8. The number of carbonyl (C=O) groups excluding carboxylic acids is 1. The minimum atomic E-state index is -3.71. The Bertz CT molecular complexity index is 880. The molecule has 132 valence electrons. The summed E-state index contributed by atoms with van der Waals surface area (Å²) in [6.07, 6.45) is 0. The van der Waals surface area contributed by atoms with Crippen LogP contribution in [0.1, 0.15) is 12.5 Å². The van der Waals surface area contributed by atoms with Gasteiger partial charge in [0, 0.05) is 23.8 Å². The van der Waals surface area contributed by atoms with Crippen LogP contribution in [0.2, 0.25) is 5.02 Å². The van der Waals surface area contributed by atoms with Crippen molar-refractivity contribution in [3.8, 4) is 0 Å². The van der Waals surface area contributed by atoms with Crippen LogP contribution in [0.5, 0.6) is 0 Å². The molecule has 3 rings (SSSR count). The van der Waals surface area contributed by atoms with Crippen LogP contribution in [0.15, 0.2) is 53.4 Å². The van der Waals surface area contributed by atoms with Crippen molar-refractivity contribution in [1.29, 1.82) is 0 Å². The normalized spacial score (nSPS) is 19.2. The third kappa shape index (κ3) is 3.42. The zero-order valence-electron chi connectivity index (χ0n) is 14.0. The van der Waals surface area contributed by atoms with Crippen molar-refractivity contribution in [2.24, 2.45) is 0 Å². The topological polar surface area (TPSA) is 57.7 Å². The van der Waals surface area contributed by atoms with E-state index in [1.807, 2.05) is 6.92 Å². The van der Waals surface area contributed by atoms with E-state index in [1.54, 1.807) is 60.4 Å². The molecule has 1 unspecified atom stereocenters. The minimum absolute atomic E-state index is 0.206. The maximum absolute atomic E-state index is 12.9. The molecule has 2 aromatic rings. The lowest BCUT2D eigenvalue weighted by Crippen LogP contribution is -2.57. The predicted molar refractivity (Wildman–Crippen MR) is 98.3 cm³/mol. The molecule has 0 spiro atoms. The third-order valence-corrected chi connectivity index (χ3v) is 6.60. The van der Waals surface area contributed by atoms with Gasteiger partial charge in [-0.1, -0.05) is 29.3 Å². The summed E-state index contributed by atoms with van der Waals surface area (Å²) < 4.78 is 27.0. The van der Waals surface area contributed by atoms with Crippen molar-refractivity contribution in [1.82, 2.24) is 4.31 Å². The fourth-order valence-corrected chi connectivity index (χ4v) is 4.61. The van der Waals surface area contributed by atoms with Gasteiger partial charge in [-0.3, -0.25) is 4.79 Å². The highest BCUT2D eigenvalue weighted by Gasteiger charge is 2.39. The summed E-state index contributed by atoms with van der Waals surface area (Å²) in [5.41, 5.74) is 1.70. The first-order valence-electron chi connectivity index (χ1n) is 7.96. The van der Waals surface area contributed by atoms with Crippen molar-refractivity contribution in [2.75, 3.05) is 18.0 Å². The van der Waals surface area contributed by atoms with Gasteiger partial charge in [0.1, 0.15) is 6.04 Å². The van der Waals surface area contributed by atoms with Gasteiger partial charge < -0.3 is 4.90 Å². The molecule has 7 heteroatoms. The second kappa shape index (κ2) is 6.78. The van der Waals surface area contributed by atoms with Crippen LogP contribution in [0, 0.1) is 6.92 Å². The van der Waals surface area contributed by atoms with Crippen molar-refractivity contribution >= 4 is 33.2 Å². The first-order valence-corrected chi connectivity index (χ1v) is 9.78. The summed E-state index contributed by atoms with van der Waals surface area (Å²) in [5, 5.41) is 0.588. The molecule has 1 aliphatic heterocycles. The Morgan fingerprint density at radius 3 is 2.20 bits per heavy atom. The van der Waals surface area contributed by atoms with Gasteiger partial charge in [-0.2, -0.15) is 4.31 Å². The van der Waals surface area contributed by atoms with E-state index in [-0.39, 0.29) is 17.3 Å². The average molecular weight is 379 g/mol. The van der Waals surface area contributed by atoms with Crippen LogP contribution in [0.3, 0.4) is 0 Å². The second-order valence-electron chi connectivity index (χ2n) is 6.07. The molecule has 1 saturated heterocycles. The number of carbonyl (C=O) groups is 1. The largest absolute Gasteiger partial charge is 0.310 e. The zero-order valence-corrected chi connectivity index (χ0v) is 15.6. The highest BCUT2D eigenvalue weighted by Crippen LogP contribution is 2.26. The van der Waals surface area contributed by atoms with Gasteiger partial charge in [0.05, 0.1) is 4.90 Å². The van der Waals surface area contributed by atoms with Gasteiger partial charge in [-0.15, -0.1) is 0 Å². The average Bonchev–Trinajstić information content (AvgIpc) is 2.58. The number of halogens is 1. The Labute approximate surface area is 152 Å². The van der Waals surface area contributed by atoms with E-state index in [1.165, 1.54) is 4.31 Å². The number of anilines is 1. The van der Waals surface area contributed by atoms with Gasteiger partial charge in [0.15, 0.2) is 0 Å². The molecule has 5 nitrogen and oxygen atoms in total. The molecular weight excluding hydrogens is 360 g/mol. The Morgan fingerprint density at radius 2 is 1.60 bits per heavy atom. The lowest BCUT2D eigenvalue weighted by atomic mass is 10.2. The summed E-state index contributed by atoms with van der Waals surface area (Å²) in [4.78, 5) is 14.5. The molecule has 2 aromatic carbocycles. The van der Waals surface area contributed by atoms with Crippen LogP contribution >= 0.6 is 11.6 Å². The first-order chi connectivity index (χ1) is 11.8. The van der Waals surface area contributed by atoms with Crippen LogP contribution < -0.4 is 4.90 Å². The molecule has 25 heavy (non-hydrogen) atoms. The fourth-order valence-electron chi connectivity index (χ4n) is 2.90. The van der Waals surface area contributed by atoms with Crippen LogP contribution in [0.4, 0.5) is 5.69 Å². The van der Waals surface area contributed by atoms with E-state index < -0.39 is 16.1 Å². The molecule has 1 aliphatic rings. The quantitative estimate of drug-likeness (QED) is 0.824. The third-order valence-electron chi connectivity index (χ3n) is 4.37. The molecule has 0 N–H and O–H groups in total. The van der Waals surface area contributed by atoms with E-state index >= 15 is 0 Å². The molecule has 1 fully saturated rings. The number of hydrogen-bond acceptors (Lipinski definition) is 3. The Balaban J connectivity index is 1.86. The minimum Gasteiger partial charge on any atom is -0.310 e. The molecule has 1 amide bonds. The molecule has 0 aromatic heterocycles. The number of hydrogen-bond donors (Lipinski definition) is 0. The second-order valence-corrected chi connectivity index (χ2v) is 8.40. The van der Waals surface area contributed by atoms with Gasteiger partial charge in [0.2, 0.25) is 15.9 Å². The standard InChI is InChI=1S/C18H19ClN2O3S/c1-13-3-9-17(10-4-13)25(23,24)21-12-11-20(18(22)14(21)2)16-7-5-15(19)6-8-16/h3-10,14H,11-12H2,1-2H3. The lowest BCUT2D eigenvalue weighted by molar-refractivity contribution is -0.123. The van der Waals surface area contributed by atoms with Crippen molar-refractivity contribution < 1.29 is 13.2 Å². The van der Waals surface area contributed by atoms with E-state index in [2.05, 4.69) is 0 Å². The smallest absolute Gasteiger partial charge is 0.245 e. The van der Waals surface area contributed by atoms with Crippen LogP contribution in [-0.4, -0.2) is 37.8 Å². The first kappa shape index (κ1) is 17.9. The van der Waals surface area contributed by atoms with Crippen molar-refractivity contribution in [3.63, 3.8) is 0 Å². The highest BCUT2D eigenvalue weighted by molar-refractivity contribution is 7.89. The molecule has 0 aliphatic carbocycles. The molecule has 0 bridgehead atoms. The molecule has 0 saturated carbocycles. The molecule has 1 heterocycles. The number of piperazine rings is 1. The van der Waals surface area contributed by atoms with Crippen molar-refractivity contribution in [3.05, 3.63) is 59.1 Å². The number of amides is 1. The highest BCUT2D eigenvalue weighted by atomic mass is 35.5. The number of aryl methyl sites for hydroxylation is 1. The molecular formula is C18H19ClN2O3S. The lowest BCUT2D eigenvalue weighted by Gasteiger charge is -2.38. The monoisotopic (exact) mass is 378 g/mol. The van der Waals surface area contributed by atoms with Gasteiger partial charge in [-0.05, 0) is 50.2 Å². The number of sulfonamides is 1. The Kier molecular flexibility index (Phi) is 4.86. The Morgan fingerprint density at radius 1 is 1.00 bits per heavy atom. The van der Waals surface area contributed by atoms with E-state index in [0.717, 1.165) is 5.56 Å².